The number of fused-ring (bicyclic) bond motifs is 4. The molecule has 2 atom stereocenters. The van der Waals surface area contributed by atoms with E-state index in [4.69, 9.17) is 18.9 Å². The van der Waals surface area contributed by atoms with Crippen molar-refractivity contribution in [2.24, 2.45) is 0 Å². The predicted octanol–water partition coefficient (Wildman–Crippen LogP) is 3.52. The molecule has 0 radical (unpaired) electrons. The van der Waals surface area contributed by atoms with Gasteiger partial charge >= 0.3 is 0 Å². The molecule has 27 heavy (non-hydrogen) atoms. The van der Waals surface area contributed by atoms with E-state index in [1.807, 2.05) is 51.1 Å². The number of anilines is 1. The minimum absolute atomic E-state index is 0.0499. The van der Waals surface area contributed by atoms with Crippen LogP contribution in [-0.2, 0) is 16.0 Å². The molecule has 3 heterocycles. The molecule has 1 amide bonds. The topological polar surface area (TPSA) is 69.3 Å². The Labute approximate surface area is 157 Å². The van der Waals surface area contributed by atoms with Crippen LogP contribution < -0.4 is 19.5 Å². The highest BCUT2D eigenvalue weighted by molar-refractivity contribution is 5.93. The summed E-state index contributed by atoms with van der Waals surface area (Å²) in [6, 6.07) is 9.51. The number of hydrogen-bond acceptors (Lipinski definition) is 5. The van der Waals surface area contributed by atoms with E-state index in [-0.39, 0.29) is 36.9 Å². The van der Waals surface area contributed by atoms with Gasteiger partial charge in [0.25, 0.3) is 0 Å². The first-order valence-corrected chi connectivity index (χ1v) is 9.08. The van der Waals surface area contributed by atoms with E-state index in [9.17, 15) is 4.79 Å². The smallest absolute Gasteiger partial charge is 0.231 e. The van der Waals surface area contributed by atoms with Crippen LogP contribution >= 0.6 is 0 Å². The van der Waals surface area contributed by atoms with Gasteiger partial charge in [0.1, 0.15) is 23.6 Å². The number of rotatable bonds is 3. The lowest BCUT2D eigenvalue weighted by Gasteiger charge is -2.30. The molecule has 2 aromatic rings. The molecule has 6 heteroatoms. The number of hydrogen-bond donors (Lipinski definition) is 1. The molecule has 1 N–H and O–H groups in total. The molecule has 0 aromatic heterocycles. The predicted molar refractivity (Wildman–Crippen MR) is 98.4 cm³/mol. The highest BCUT2D eigenvalue weighted by Crippen LogP contribution is 2.54. The average Bonchev–Trinajstić information content (AvgIpc) is 3.29. The van der Waals surface area contributed by atoms with Crippen LogP contribution in [0, 0.1) is 6.92 Å². The van der Waals surface area contributed by atoms with Gasteiger partial charge in [0, 0.05) is 11.3 Å². The second-order valence-corrected chi connectivity index (χ2v) is 7.80. The molecule has 0 unspecified atom stereocenters. The molecule has 3 aliphatic heterocycles. The third-order valence-corrected chi connectivity index (χ3v) is 5.29. The van der Waals surface area contributed by atoms with Crippen molar-refractivity contribution in [1.29, 1.82) is 0 Å². The summed E-state index contributed by atoms with van der Waals surface area (Å²) in [6.07, 6.45) is 0.387. The number of aryl methyl sites for hydroxylation is 1. The minimum atomic E-state index is -0.325. The second-order valence-electron chi connectivity index (χ2n) is 7.80. The van der Waals surface area contributed by atoms with Gasteiger partial charge in [-0.1, -0.05) is 6.07 Å². The van der Waals surface area contributed by atoms with Gasteiger partial charge in [-0.3, -0.25) is 4.79 Å². The van der Waals surface area contributed by atoms with Crippen LogP contribution in [0.5, 0.6) is 17.2 Å². The molecular weight excluding hydrogens is 346 g/mol. The van der Waals surface area contributed by atoms with Gasteiger partial charge in [0.15, 0.2) is 11.5 Å². The van der Waals surface area contributed by atoms with Gasteiger partial charge in [0.05, 0.1) is 6.42 Å². The molecule has 0 saturated carbocycles. The van der Waals surface area contributed by atoms with Crippen LogP contribution in [0.2, 0.25) is 0 Å². The number of carbonyl (C=O) groups is 1. The number of nitrogens with one attached hydrogen (secondary N) is 1. The van der Waals surface area contributed by atoms with Crippen molar-refractivity contribution < 1.29 is 23.7 Å². The molecule has 0 aliphatic carbocycles. The first-order chi connectivity index (χ1) is 12.9. The number of carbonyl (C=O) groups excluding carboxylic acids is 1. The SMILES string of the molecule is Cc1cc2c(cc1NC(=O)Cc1ccc3c(c1)OCO3)[C@H]1O[C@H]1C(C)(C)O2. The summed E-state index contributed by atoms with van der Waals surface area (Å²) < 4.78 is 22.6. The summed E-state index contributed by atoms with van der Waals surface area (Å²) in [5, 5.41) is 3.01. The Morgan fingerprint density at radius 2 is 1.96 bits per heavy atom. The van der Waals surface area contributed by atoms with Crippen molar-refractivity contribution in [3.05, 3.63) is 47.0 Å². The largest absolute Gasteiger partial charge is 0.485 e. The van der Waals surface area contributed by atoms with Gasteiger partial charge in [-0.15, -0.1) is 0 Å². The molecule has 3 aliphatic rings. The zero-order valence-electron chi connectivity index (χ0n) is 15.5. The molecule has 1 saturated heterocycles. The highest BCUT2D eigenvalue weighted by Gasteiger charge is 2.56. The highest BCUT2D eigenvalue weighted by atomic mass is 16.7. The summed E-state index contributed by atoms with van der Waals surface area (Å²) >= 11 is 0. The van der Waals surface area contributed by atoms with Crippen LogP contribution in [-0.4, -0.2) is 24.4 Å². The lowest BCUT2D eigenvalue weighted by molar-refractivity contribution is -0.115. The number of ether oxygens (including phenoxy) is 4. The van der Waals surface area contributed by atoms with E-state index < -0.39 is 0 Å². The maximum absolute atomic E-state index is 12.6. The molecule has 0 spiro atoms. The first kappa shape index (κ1) is 16.4. The Morgan fingerprint density at radius 1 is 1.15 bits per heavy atom. The molecule has 5 rings (SSSR count). The summed E-state index contributed by atoms with van der Waals surface area (Å²) in [4.78, 5) is 12.6. The van der Waals surface area contributed by atoms with Crippen LogP contribution in [0.25, 0.3) is 0 Å². The summed E-state index contributed by atoms with van der Waals surface area (Å²) in [7, 11) is 0. The van der Waals surface area contributed by atoms with Crippen molar-refractivity contribution in [2.75, 3.05) is 12.1 Å². The van der Waals surface area contributed by atoms with Crippen molar-refractivity contribution >= 4 is 11.6 Å². The summed E-state index contributed by atoms with van der Waals surface area (Å²) in [6.45, 7) is 6.27. The fourth-order valence-electron chi connectivity index (χ4n) is 3.79. The van der Waals surface area contributed by atoms with Crippen LogP contribution in [0.1, 0.15) is 36.6 Å². The van der Waals surface area contributed by atoms with E-state index in [2.05, 4.69) is 5.32 Å². The Kier molecular flexibility index (Phi) is 3.43. The maximum Gasteiger partial charge on any atom is 0.231 e. The third-order valence-electron chi connectivity index (χ3n) is 5.29. The Hall–Kier alpha value is -2.73. The molecule has 6 nitrogen and oxygen atoms in total. The lowest BCUT2D eigenvalue weighted by Crippen LogP contribution is -2.37. The minimum Gasteiger partial charge on any atom is -0.485 e. The monoisotopic (exact) mass is 367 g/mol. The second kappa shape index (κ2) is 5.63. The fraction of sp³-hybridized carbons (Fsp3) is 0.381. The standard InChI is InChI=1S/C21H21NO5/c1-11-6-16-13(19-20(26-19)21(2,3)27-16)9-14(11)22-18(23)8-12-4-5-15-17(7-12)25-10-24-15/h4-7,9,19-20H,8,10H2,1-3H3,(H,22,23)/t19-,20-/m1/s1. The zero-order valence-corrected chi connectivity index (χ0v) is 15.5. The van der Waals surface area contributed by atoms with Crippen molar-refractivity contribution in [2.45, 2.75) is 45.0 Å². The molecular formula is C21H21NO5. The normalized spacial score (nSPS) is 23.1. The Bertz CT molecular complexity index is 952. The number of benzene rings is 2. The van der Waals surface area contributed by atoms with Crippen LogP contribution in [0.4, 0.5) is 5.69 Å². The van der Waals surface area contributed by atoms with Gasteiger partial charge < -0.3 is 24.3 Å². The van der Waals surface area contributed by atoms with Crippen LogP contribution in [0.3, 0.4) is 0 Å². The van der Waals surface area contributed by atoms with E-state index in [1.54, 1.807) is 0 Å². The third kappa shape index (κ3) is 2.80. The van der Waals surface area contributed by atoms with Crippen molar-refractivity contribution in [3.8, 4) is 17.2 Å². The number of epoxide rings is 1. The van der Waals surface area contributed by atoms with Gasteiger partial charge in [0.2, 0.25) is 12.7 Å². The van der Waals surface area contributed by atoms with Crippen LogP contribution in [0.15, 0.2) is 30.3 Å². The van der Waals surface area contributed by atoms with Crippen molar-refractivity contribution in [3.63, 3.8) is 0 Å². The molecule has 1 fully saturated rings. The maximum atomic E-state index is 12.6. The Morgan fingerprint density at radius 3 is 2.81 bits per heavy atom. The van der Waals surface area contributed by atoms with Gasteiger partial charge in [-0.2, -0.15) is 0 Å². The summed E-state index contributed by atoms with van der Waals surface area (Å²) in [5.41, 5.74) is 3.31. The quantitative estimate of drug-likeness (QED) is 0.841. The van der Waals surface area contributed by atoms with E-state index in [1.165, 1.54) is 0 Å². The zero-order chi connectivity index (χ0) is 18.8. The van der Waals surface area contributed by atoms with Gasteiger partial charge in [-0.05, 0) is 56.2 Å². The molecule has 2 aromatic carbocycles. The van der Waals surface area contributed by atoms with E-state index in [0.717, 1.165) is 28.1 Å². The molecule has 140 valence electrons. The Balaban J connectivity index is 1.34. The fourth-order valence-corrected chi connectivity index (χ4v) is 3.79. The van der Waals surface area contributed by atoms with E-state index >= 15 is 0 Å². The van der Waals surface area contributed by atoms with E-state index in [0.29, 0.717) is 11.5 Å². The van der Waals surface area contributed by atoms with Gasteiger partial charge in [-0.25, -0.2) is 0 Å². The molecule has 0 bridgehead atoms. The lowest BCUT2D eigenvalue weighted by atomic mass is 9.93. The first-order valence-electron chi connectivity index (χ1n) is 9.08. The van der Waals surface area contributed by atoms with Crippen molar-refractivity contribution in [1.82, 2.24) is 0 Å². The summed E-state index contributed by atoms with van der Waals surface area (Å²) in [5.74, 6) is 2.15. The average molecular weight is 367 g/mol. The number of amides is 1.